The van der Waals surface area contributed by atoms with E-state index >= 15 is 0 Å². The lowest BCUT2D eigenvalue weighted by Crippen LogP contribution is -2.27. The molecule has 0 aliphatic carbocycles. The number of benzene rings is 1. The normalized spacial score (nSPS) is 14.5. The van der Waals surface area contributed by atoms with Crippen molar-refractivity contribution in [2.45, 2.75) is 38.4 Å². The minimum absolute atomic E-state index is 0.362. The van der Waals surface area contributed by atoms with Crippen LogP contribution in [0.2, 0.25) is 5.02 Å². The number of alkyl halides is 1. The van der Waals surface area contributed by atoms with E-state index in [2.05, 4.69) is 4.40 Å². The lowest BCUT2D eigenvalue weighted by molar-refractivity contribution is 0.561. The van der Waals surface area contributed by atoms with E-state index in [9.17, 15) is 4.55 Å². The zero-order valence-corrected chi connectivity index (χ0v) is 13.8. The standard InChI is InChI=1S/C14H19Cl2NOS/c1-14(2,3)19(18)17-13(5-4-10-15)11-6-8-12(16)9-7-11/h6-9H,4-5,10H2,1-3H3/b17-13-. The Morgan fingerprint density at radius 1 is 1.26 bits per heavy atom. The van der Waals surface area contributed by atoms with Gasteiger partial charge in [-0.25, -0.2) is 0 Å². The van der Waals surface area contributed by atoms with E-state index in [1.54, 1.807) is 0 Å². The van der Waals surface area contributed by atoms with Gasteiger partial charge < -0.3 is 4.55 Å². The van der Waals surface area contributed by atoms with Gasteiger partial charge in [0.2, 0.25) is 0 Å². The van der Waals surface area contributed by atoms with Crippen LogP contribution in [0.25, 0.3) is 0 Å². The molecule has 0 saturated heterocycles. The molecule has 5 heteroatoms. The Bertz CT molecular complexity index is 426. The van der Waals surface area contributed by atoms with Gasteiger partial charge in [-0.3, -0.25) is 0 Å². The summed E-state index contributed by atoms with van der Waals surface area (Å²) in [5.41, 5.74) is 1.78. The Kier molecular flexibility index (Phi) is 6.67. The molecule has 0 heterocycles. The fourth-order valence-corrected chi connectivity index (χ4v) is 2.29. The molecule has 0 spiro atoms. The molecular weight excluding hydrogens is 301 g/mol. The maximum absolute atomic E-state index is 12.1. The summed E-state index contributed by atoms with van der Waals surface area (Å²) in [5, 5.41) is 0.678. The molecule has 0 aliphatic rings. The molecule has 0 aromatic heterocycles. The fraction of sp³-hybridized carbons (Fsp3) is 0.500. The van der Waals surface area contributed by atoms with Crippen molar-refractivity contribution in [2.75, 3.05) is 5.88 Å². The quantitative estimate of drug-likeness (QED) is 0.443. The summed E-state index contributed by atoms with van der Waals surface area (Å²) in [6.07, 6.45) is 1.53. The van der Waals surface area contributed by atoms with Gasteiger partial charge in [-0.15, -0.1) is 11.6 Å². The van der Waals surface area contributed by atoms with E-state index < -0.39 is 11.4 Å². The number of hydrogen-bond donors (Lipinski definition) is 0. The molecule has 1 aromatic rings. The Morgan fingerprint density at radius 2 is 1.84 bits per heavy atom. The monoisotopic (exact) mass is 319 g/mol. The summed E-state index contributed by atoms with van der Waals surface area (Å²) in [5.74, 6) is 0.564. The molecular formula is C14H19Cl2NOS. The maximum Gasteiger partial charge on any atom is 0.144 e. The smallest absolute Gasteiger partial charge is 0.144 e. The topological polar surface area (TPSA) is 35.4 Å². The number of rotatable bonds is 5. The molecule has 0 fully saturated rings. The lowest BCUT2D eigenvalue weighted by Gasteiger charge is -2.19. The zero-order chi connectivity index (χ0) is 14.5. The SMILES string of the molecule is CC(C)(C)[S+]([O-])/N=C(/CCCCl)c1ccc(Cl)cc1. The van der Waals surface area contributed by atoms with Crippen molar-refractivity contribution in [3.63, 3.8) is 0 Å². The van der Waals surface area contributed by atoms with Crippen molar-refractivity contribution >= 4 is 40.3 Å². The number of halogens is 2. The highest BCUT2D eigenvalue weighted by molar-refractivity contribution is 7.91. The van der Waals surface area contributed by atoms with Gasteiger partial charge in [-0.1, -0.05) is 28.1 Å². The van der Waals surface area contributed by atoms with Crippen molar-refractivity contribution in [3.8, 4) is 0 Å². The molecule has 0 N–H and O–H groups in total. The highest BCUT2D eigenvalue weighted by Gasteiger charge is 2.27. The van der Waals surface area contributed by atoms with Crippen LogP contribution in [0, 0.1) is 0 Å². The Labute approximate surface area is 128 Å². The Hall–Kier alpha value is -0.220. The van der Waals surface area contributed by atoms with Gasteiger partial charge in [0.05, 0.1) is 5.71 Å². The van der Waals surface area contributed by atoms with Crippen LogP contribution in [0.5, 0.6) is 0 Å². The second kappa shape index (κ2) is 7.53. The third-order valence-electron chi connectivity index (χ3n) is 2.44. The first-order valence-electron chi connectivity index (χ1n) is 6.16. The number of nitrogens with zero attached hydrogens (tertiary/aromatic N) is 1. The summed E-state index contributed by atoms with van der Waals surface area (Å²) < 4.78 is 16.2. The first-order chi connectivity index (χ1) is 8.84. The van der Waals surface area contributed by atoms with Crippen LogP contribution in [0.3, 0.4) is 0 Å². The lowest BCUT2D eigenvalue weighted by atomic mass is 10.1. The van der Waals surface area contributed by atoms with Crippen LogP contribution in [-0.4, -0.2) is 20.9 Å². The van der Waals surface area contributed by atoms with E-state index in [0.717, 1.165) is 17.7 Å². The van der Waals surface area contributed by atoms with Crippen LogP contribution in [0.1, 0.15) is 39.2 Å². The molecule has 2 nitrogen and oxygen atoms in total. The summed E-state index contributed by atoms with van der Waals surface area (Å²) in [7, 11) is 0. The second-order valence-electron chi connectivity index (χ2n) is 5.20. The predicted octanol–water partition coefficient (Wildman–Crippen LogP) is 4.61. The zero-order valence-electron chi connectivity index (χ0n) is 11.5. The van der Waals surface area contributed by atoms with Crippen molar-refractivity contribution in [3.05, 3.63) is 34.9 Å². The van der Waals surface area contributed by atoms with E-state index in [0.29, 0.717) is 17.3 Å². The average molecular weight is 320 g/mol. The van der Waals surface area contributed by atoms with Crippen LogP contribution in [0.15, 0.2) is 28.7 Å². The summed E-state index contributed by atoms with van der Waals surface area (Å²) in [4.78, 5) is 0. The van der Waals surface area contributed by atoms with E-state index in [1.165, 1.54) is 0 Å². The fourth-order valence-electron chi connectivity index (χ4n) is 1.36. The molecule has 0 aliphatic heterocycles. The van der Waals surface area contributed by atoms with Crippen LogP contribution < -0.4 is 0 Å². The molecule has 1 rings (SSSR count). The van der Waals surface area contributed by atoms with Gasteiger partial charge in [0.1, 0.15) is 16.1 Å². The van der Waals surface area contributed by atoms with E-state index in [-0.39, 0.29) is 4.75 Å². The molecule has 19 heavy (non-hydrogen) atoms. The Morgan fingerprint density at radius 3 is 2.32 bits per heavy atom. The summed E-state index contributed by atoms with van der Waals surface area (Å²) in [6, 6.07) is 7.42. The van der Waals surface area contributed by atoms with E-state index in [1.807, 2.05) is 45.0 Å². The summed E-state index contributed by atoms with van der Waals surface area (Å²) in [6.45, 7) is 5.73. The molecule has 1 unspecified atom stereocenters. The molecule has 0 radical (unpaired) electrons. The minimum atomic E-state index is -1.26. The molecule has 0 bridgehead atoms. The molecule has 1 atom stereocenters. The van der Waals surface area contributed by atoms with Crippen molar-refractivity contribution in [1.29, 1.82) is 0 Å². The van der Waals surface area contributed by atoms with Crippen molar-refractivity contribution in [1.82, 2.24) is 0 Å². The number of hydrogen-bond acceptors (Lipinski definition) is 2. The third kappa shape index (κ3) is 5.74. The molecule has 1 aromatic carbocycles. The van der Waals surface area contributed by atoms with E-state index in [4.69, 9.17) is 23.2 Å². The third-order valence-corrected chi connectivity index (χ3v) is 4.39. The van der Waals surface area contributed by atoms with Gasteiger partial charge in [-0.2, -0.15) is 0 Å². The largest absolute Gasteiger partial charge is 0.591 e. The minimum Gasteiger partial charge on any atom is -0.591 e. The second-order valence-corrected chi connectivity index (χ2v) is 7.92. The van der Waals surface area contributed by atoms with Crippen LogP contribution in [0.4, 0.5) is 0 Å². The molecule has 106 valence electrons. The highest BCUT2D eigenvalue weighted by Crippen LogP contribution is 2.20. The highest BCUT2D eigenvalue weighted by atomic mass is 35.5. The first-order valence-corrected chi connectivity index (χ1v) is 8.18. The van der Waals surface area contributed by atoms with Gasteiger partial charge in [0.25, 0.3) is 0 Å². The van der Waals surface area contributed by atoms with Crippen molar-refractivity contribution < 1.29 is 4.55 Å². The van der Waals surface area contributed by atoms with Gasteiger partial charge >= 0.3 is 0 Å². The van der Waals surface area contributed by atoms with Crippen LogP contribution >= 0.6 is 23.2 Å². The van der Waals surface area contributed by atoms with Crippen LogP contribution in [-0.2, 0) is 11.4 Å². The van der Waals surface area contributed by atoms with Gasteiger partial charge in [-0.05, 0) is 45.7 Å². The Balaban J connectivity index is 3.00. The molecule has 0 amide bonds. The van der Waals surface area contributed by atoms with Gasteiger partial charge in [0.15, 0.2) is 0 Å². The predicted molar refractivity (Wildman–Crippen MR) is 85.8 cm³/mol. The first kappa shape index (κ1) is 16.8. The maximum atomic E-state index is 12.1. The average Bonchev–Trinajstić information content (AvgIpc) is 2.34. The summed E-state index contributed by atoms with van der Waals surface area (Å²) >= 11 is 10.3. The van der Waals surface area contributed by atoms with Crippen molar-refractivity contribution in [2.24, 2.45) is 4.40 Å². The van der Waals surface area contributed by atoms with Gasteiger partial charge in [0, 0.05) is 16.5 Å². The molecule has 0 saturated carbocycles.